The summed E-state index contributed by atoms with van der Waals surface area (Å²) in [6.45, 7) is -0.250. The molecule has 0 radical (unpaired) electrons. The molecule has 2 heterocycles. The number of benzene rings is 1. The van der Waals surface area contributed by atoms with Gasteiger partial charge in [0.05, 0.1) is 4.90 Å². The van der Waals surface area contributed by atoms with Crippen LogP contribution < -0.4 is 0 Å². The first-order chi connectivity index (χ1) is 11.0. The maximum Gasteiger partial charge on any atom is 0.290 e. The van der Waals surface area contributed by atoms with Crippen molar-refractivity contribution >= 4 is 16.3 Å². The van der Waals surface area contributed by atoms with E-state index in [-0.39, 0.29) is 11.4 Å². The number of aromatic amines is 1. The molecule has 0 atom stereocenters. The van der Waals surface area contributed by atoms with E-state index in [1.54, 1.807) is 47.6 Å². The highest BCUT2D eigenvalue weighted by molar-refractivity contribution is 7.90. The number of nitrogens with one attached hydrogen (secondary N) is 1. The molecule has 0 fully saturated rings. The number of aromatic nitrogens is 5. The number of hydrogen-bond donors (Lipinski definition) is 2. The van der Waals surface area contributed by atoms with E-state index in [0.29, 0.717) is 17.3 Å². The number of nitrogens with zero attached hydrogens (tertiary/aromatic N) is 4. The third kappa shape index (κ3) is 4.01. The SMILES string of the molecule is CS(=O)(=O)c1cccc(-c2nc(-n3ccnc3)n[nH]2)c1.O=CO. The highest BCUT2D eigenvalue weighted by Gasteiger charge is 2.11. The summed E-state index contributed by atoms with van der Waals surface area (Å²) >= 11 is 0. The second-order valence-electron chi connectivity index (χ2n) is 4.36. The number of sulfone groups is 1. The molecule has 9 nitrogen and oxygen atoms in total. The van der Waals surface area contributed by atoms with Crippen molar-refractivity contribution < 1.29 is 18.3 Å². The van der Waals surface area contributed by atoms with Gasteiger partial charge in [0, 0.05) is 24.2 Å². The number of carbonyl (C=O) groups is 1. The molecule has 10 heteroatoms. The van der Waals surface area contributed by atoms with Crippen molar-refractivity contribution in [2.24, 2.45) is 0 Å². The van der Waals surface area contributed by atoms with E-state index in [4.69, 9.17) is 9.90 Å². The zero-order valence-electron chi connectivity index (χ0n) is 12.0. The van der Waals surface area contributed by atoms with Crippen molar-refractivity contribution in [3.63, 3.8) is 0 Å². The standard InChI is InChI=1S/C12H11N5O2S.CH2O2/c1-20(18,19)10-4-2-3-9(7-10)11-14-12(16-15-11)17-6-5-13-8-17;2-1-3/h2-8H,1H3,(H,14,15,16);1H,(H,2,3). The summed E-state index contributed by atoms with van der Waals surface area (Å²) in [6.07, 6.45) is 6.10. The Balaban J connectivity index is 0.000000595. The van der Waals surface area contributed by atoms with Gasteiger partial charge in [-0.15, -0.1) is 5.10 Å². The van der Waals surface area contributed by atoms with Crippen LogP contribution in [-0.2, 0) is 14.6 Å². The van der Waals surface area contributed by atoms with Crippen molar-refractivity contribution in [3.8, 4) is 17.3 Å². The van der Waals surface area contributed by atoms with Gasteiger partial charge >= 0.3 is 0 Å². The lowest BCUT2D eigenvalue weighted by Gasteiger charge is -2.00. The number of rotatable bonds is 3. The first kappa shape index (κ1) is 16.4. The highest BCUT2D eigenvalue weighted by atomic mass is 32.2. The van der Waals surface area contributed by atoms with Crippen LogP contribution in [-0.4, -0.2) is 51.0 Å². The molecule has 0 spiro atoms. The molecule has 1 aromatic carbocycles. The maximum absolute atomic E-state index is 11.5. The van der Waals surface area contributed by atoms with Gasteiger partial charge in [0.2, 0.25) is 0 Å². The number of H-pyrrole nitrogens is 1. The van der Waals surface area contributed by atoms with Crippen LogP contribution in [0.5, 0.6) is 0 Å². The van der Waals surface area contributed by atoms with Gasteiger partial charge in [-0.1, -0.05) is 12.1 Å². The molecule has 0 amide bonds. The molecule has 3 aromatic rings. The predicted molar refractivity (Wildman–Crippen MR) is 80.7 cm³/mol. The fourth-order valence-electron chi connectivity index (χ4n) is 1.75. The number of hydrogen-bond acceptors (Lipinski definition) is 6. The van der Waals surface area contributed by atoms with Gasteiger partial charge < -0.3 is 5.11 Å². The third-order valence-corrected chi connectivity index (χ3v) is 3.85. The predicted octanol–water partition coefficient (Wildman–Crippen LogP) is 0.762. The van der Waals surface area contributed by atoms with E-state index in [9.17, 15) is 8.42 Å². The van der Waals surface area contributed by atoms with Crippen LogP contribution in [0.15, 0.2) is 47.9 Å². The van der Waals surface area contributed by atoms with Crippen molar-refractivity contribution in [2.45, 2.75) is 4.90 Å². The van der Waals surface area contributed by atoms with E-state index < -0.39 is 9.84 Å². The third-order valence-electron chi connectivity index (χ3n) is 2.74. The zero-order valence-corrected chi connectivity index (χ0v) is 12.8. The maximum atomic E-state index is 11.5. The normalized spacial score (nSPS) is 10.7. The van der Waals surface area contributed by atoms with Gasteiger partial charge in [-0.05, 0) is 12.1 Å². The lowest BCUT2D eigenvalue weighted by atomic mass is 10.2. The highest BCUT2D eigenvalue weighted by Crippen LogP contribution is 2.19. The Morgan fingerprint density at radius 2 is 2.09 bits per heavy atom. The van der Waals surface area contributed by atoms with Crippen LogP contribution in [0.3, 0.4) is 0 Å². The summed E-state index contributed by atoms with van der Waals surface area (Å²) < 4.78 is 24.8. The van der Waals surface area contributed by atoms with Crippen LogP contribution in [0.2, 0.25) is 0 Å². The van der Waals surface area contributed by atoms with Crippen molar-refractivity contribution in [1.29, 1.82) is 0 Å². The lowest BCUT2D eigenvalue weighted by molar-refractivity contribution is -0.122. The van der Waals surface area contributed by atoms with E-state index >= 15 is 0 Å². The van der Waals surface area contributed by atoms with Crippen molar-refractivity contribution in [3.05, 3.63) is 43.0 Å². The molecule has 0 unspecified atom stereocenters. The molecule has 0 saturated heterocycles. The average Bonchev–Trinajstić information content (AvgIpc) is 3.19. The molecule has 2 aromatic heterocycles. The molecule has 0 aliphatic carbocycles. The smallest absolute Gasteiger partial charge is 0.290 e. The topological polar surface area (TPSA) is 131 Å². The van der Waals surface area contributed by atoms with Gasteiger partial charge in [0.25, 0.3) is 12.4 Å². The average molecular weight is 335 g/mol. The molecule has 3 rings (SSSR count). The monoisotopic (exact) mass is 335 g/mol. The second kappa shape index (κ2) is 6.83. The summed E-state index contributed by atoms with van der Waals surface area (Å²) in [4.78, 5) is 16.8. The quantitative estimate of drug-likeness (QED) is 0.675. The molecule has 2 N–H and O–H groups in total. The van der Waals surface area contributed by atoms with Crippen LogP contribution in [0.4, 0.5) is 0 Å². The molecule has 120 valence electrons. The lowest BCUT2D eigenvalue weighted by Crippen LogP contribution is -1.97. The van der Waals surface area contributed by atoms with Gasteiger partial charge in [-0.25, -0.2) is 13.4 Å². The Labute approximate surface area is 131 Å². The van der Waals surface area contributed by atoms with Crippen molar-refractivity contribution in [2.75, 3.05) is 6.26 Å². The molecular formula is C13H13N5O4S. The fourth-order valence-corrected chi connectivity index (χ4v) is 2.42. The first-order valence-electron chi connectivity index (χ1n) is 6.25. The van der Waals surface area contributed by atoms with Crippen LogP contribution in [0, 0.1) is 0 Å². The first-order valence-corrected chi connectivity index (χ1v) is 8.14. The van der Waals surface area contributed by atoms with Crippen LogP contribution >= 0.6 is 0 Å². The minimum Gasteiger partial charge on any atom is -0.483 e. The van der Waals surface area contributed by atoms with Gasteiger partial charge in [-0.3, -0.25) is 14.5 Å². The molecule has 0 aliphatic rings. The molecule has 0 bridgehead atoms. The van der Waals surface area contributed by atoms with E-state index in [0.717, 1.165) is 0 Å². The van der Waals surface area contributed by atoms with E-state index in [1.165, 1.54) is 6.26 Å². The molecule has 0 aliphatic heterocycles. The van der Waals surface area contributed by atoms with Gasteiger partial charge in [0.15, 0.2) is 15.7 Å². The summed E-state index contributed by atoms with van der Waals surface area (Å²) in [5.74, 6) is 0.946. The van der Waals surface area contributed by atoms with Crippen LogP contribution in [0.1, 0.15) is 0 Å². The summed E-state index contributed by atoms with van der Waals surface area (Å²) in [6, 6.07) is 6.55. The number of imidazole rings is 1. The second-order valence-corrected chi connectivity index (χ2v) is 6.38. The van der Waals surface area contributed by atoms with Gasteiger partial charge in [0.1, 0.15) is 6.33 Å². The Bertz CT molecular complexity index is 887. The minimum atomic E-state index is -3.25. The Morgan fingerprint density at radius 3 is 2.70 bits per heavy atom. The molecule has 0 saturated carbocycles. The molecular weight excluding hydrogens is 322 g/mol. The zero-order chi connectivity index (χ0) is 16.9. The van der Waals surface area contributed by atoms with Crippen molar-refractivity contribution in [1.82, 2.24) is 24.7 Å². The Morgan fingerprint density at radius 1 is 1.35 bits per heavy atom. The van der Waals surface area contributed by atoms with Gasteiger partial charge in [-0.2, -0.15) is 4.98 Å². The van der Waals surface area contributed by atoms with Crippen LogP contribution in [0.25, 0.3) is 17.3 Å². The largest absolute Gasteiger partial charge is 0.483 e. The van der Waals surface area contributed by atoms with E-state index in [1.807, 2.05) is 0 Å². The summed E-state index contributed by atoms with van der Waals surface area (Å²) in [7, 11) is -3.25. The fraction of sp³-hybridized carbons (Fsp3) is 0.0769. The number of carboxylic acid groups (broad SMARTS) is 1. The van der Waals surface area contributed by atoms with E-state index in [2.05, 4.69) is 20.2 Å². The Kier molecular flexibility index (Phi) is 4.86. The Hall–Kier alpha value is -3.01. The minimum absolute atomic E-state index is 0.246. The summed E-state index contributed by atoms with van der Waals surface area (Å²) in [5, 5.41) is 13.7. The molecule has 23 heavy (non-hydrogen) atoms. The summed E-state index contributed by atoms with van der Waals surface area (Å²) in [5.41, 5.74) is 0.659.